The number of anilines is 1. The highest BCUT2D eigenvalue weighted by Crippen LogP contribution is 2.25. The fourth-order valence-corrected chi connectivity index (χ4v) is 5.18. The zero-order valence-electron chi connectivity index (χ0n) is 16.5. The van der Waals surface area contributed by atoms with E-state index in [1.54, 1.807) is 13.8 Å². The molecule has 0 atom stereocenters. The summed E-state index contributed by atoms with van der Waals surface area (Å²) in [4.78, 5) is 28.7. The van der Waals surface area contributed by atoms with Crippen LogP contribution in [-0.2, 0) is 19.6 Å². The van der Waals surface area contributed by atoms with Crippen LogP contribution in [0.3, 0.4) is 0 Å². The lowest BCUT2D eigenvalue weighted by Crippen LogP contribution is -2.30. The quantitative estimate of drug-likeness (QED) is 0.532. The lowest BCUT2D eigenvalue weighted by molar-refractivity contribution is -0.119. The van der Waals surface area contributed by atoms with Gasteiger partial charge in [-0.3, -0.25) is 10.1 Å². The van der Waals surface area contributed by atoms with Crippen molar-refractivity contribution in [3.63, 3.8) is 0 Å². The SMILES string of the molecule is CCN(CC)S(=O)(=O)c1cccc(C(=O)OCC(=O)Nc2nc3ccccc3s2)c1. The standard InChI is InChI=1S/C20H21N3O5S2/c1-3-23(4-2)30(26,27)15-9-7-8-14(12-15)19(25)28-13-18(24)22-20-21-16-10-5-6-11-17(16)29-20/h5-12H,3-4,13H2,1-2H3,(H,21,22,24). The average Bonchev–Trinajstić information content (AvgIpc) is 3.15. The Hall–Kier alpha value is -2.82. The highest BCUT2D eigenvalue weighted by Gasteiger charge is 2.23. The van der Waals surface area contributed by atoms with Crippen LogP contribution in [0, 0.1) is 0 Å². The summed E-state index contributed by atoms with van der Waals surface area (Å²) in [5.41, 5.74) is 0.817. The Kier molecular flexibility index (Phi) is 6.80. The van der Waals surface area contributed by atoms with Crippen LogP contribution in [-0.4, -0.2) is 49.3 Å². The molecular formula is C20H21N3O5S2. The van der Waals surface area contributed by atoms with E-state index in [1.165, 1.54) is 39.9 Å². The molecule has 3 aromatic rings. The Bertz CT molecular complexity index is 1140. The first-order valence-corrected chi connectivity index (χ1v) is 11.5. The van der Waals surface area contributed by atoms with Gasteiger partial charge < -0.3 is 4.74 Å². The normalized spacial score (nSPS) is 11.6. The maximum Gasteiger partial charge on any atom is 0.338 e. The number of aromatic nitrogens is 1. The minimum Gasteiger partial charge on any atom is -0.452 e. The van der Waals surface area contributed by atoms with Crippen LogP contribution in [0.15, 0.2) is 53.4 Å². The number of carbonyl (C=O) groups is 2. The molecule has 0 aliphatic heterocycles. The number of amides is 1. The van der Waals surface area contributed by atoms with Crippen molar-refractivity contribution in [1.29, 1.82) is 0 Å². The molecule has 0 aliphatic carbocycles. The molecule has 2 aromatic carbocycles. The van der Waals surface area contributed by atoms with Crippen LogP contribution < -0.4 is 5.32 Å². The van der Waals surface area contributed by atoms with Crippen LogP contribution in [0.4, 0.5) is 5.13 Å². The molecule has 158 valence electrons. The summed E-state index contributed by atoms with van der Waals surface area (Å²) in [7, 11) is -3.70. The first-order valence-electron chi connectivity index (χ1n) is 9.28. The zero-order chi connectivity index (χ0) is 21.7. The van der Waals surface area contributed by atoms with E-state index in [0.717, 1.165) is 10.2 Å². The zero-order valence-corrected chi connectivity index (χ0v) is 18.1. The fourth-order valence-electron chi connectivity index (χ4n) is 2.79. The predicted molar refractivity (Wildman–Crippen MR) is 115 cm³/mol. The molecule has 10 heteroatoms. The van der Waals surface area contributed by atoms with E-state index in [-0.39, 0.29) is 10.5 Å². The van der Waals surface area contributed by atoms with Crippen molar-refractivity contribution in [3.8, 4) is 0 Å². The molecule has 0 fully saturated rings. The average molecular weight is 448 g/mol. The van der Waals surface area contributed by atoms with Crippen LogP contribution in [0.25, 0.3) is 10.2 Å². The van der Waals surface area contributed by atoms with Gasteiger partial charge >= 0.3 is 5.97 Å². The van der Waals surface area contributed by atoms with Crippen molar-refractivity contribution >= 4 is 48.6 Å². The third-order valence-electron chi connectivity index (χ3n) is 4.29. The second-order valence-corrected chi connectivity index (χ2v) is 9.20. The van der Waals surface area contributed by atoms with Gasteiger partial charge in [-0.1, -0.05) is 43.4 Å². The van der Waals surface area contributed by atoms with E-state index in [1.807, 2.05) is 24.3 Å². The molecule has 8 nitrogen and oxygen atoms in total. The van der Waals surface area contributed by atoms with Gasteiger partial charge in [0.05, 0.1) is 20.7 Å². The fraction of sp³-hybridized carbons (Fsp3) is 0.250. The van der Waals surface area contributed by atoms with Crippen LogP contribution in [0.2, 0.25) is 0 Å². The summed E-state index contributed by atoms with van der Waals surface area (Å²) in [5.74, 6) is -1.32. The number of hydrogen-bond acceptors (Lipinski definition) is 7. The summed E-state index contributed by atoms with van der Waals surface area (Å²) >= 11 is 1.31. The number of sulfonamides is 1. The van der Waals surface area contributed by atoms with E-state index >= 15 is 0 Å². The Balaban J connectivity index is 1.64. The van der Waals surface area contributed by atoms with Gasteiger partial charge in [-0.25, -0.2) is 18.2 Å². The van der Waals surface area contributed by atoms with E-state index in [9.17, 15) is 18.0 Å². The number of para-hydroxylation sites is 1. The van der Waals surface area contributed by atoms with Crippen LogP contribution >= 0.6 is 11.3 Å². The molecule has 0 saturated carbocycles. The second kappa shape index (κ2) is 9.33. The molecule has 0 unspecified atom stereocenters. The summed E-state index contributed by atoms with van der Waals surface area (Å²) < 4.78 is 32.5. The maximum absolute atomic E-state index is 12.6. The minimum atomic E-state index is -3.70. The van der Waals surface area contributed by atoms with E-state index in [2.05, 4.69) is 10.3 Å². The second-order valence-electron chi connectivity index (χ2n) is 6.23. The number of hydrogen-bond donors (Lipinski definition) is 1. The number of fused-ring (bicyclic) bond motifs is 1. The Morgan fingerprint density at radius 1 is 1.10 bits per heavy atom. The number of nitrogens with zero attached hydrogens (tertiary/aromatic N) is 2. The van der Waals surface area contributed by atoms with Gasteiger partial charge in [-0.15, -0.1) is 0 Å². The third-order valence-corrected chi connectivity index (χ3v) is 7.29. The first kappa shape index (κ1) is 21.9. The smallest absolute Gasteiger partial charge is 0.338 e. The Morgan fingerprint density at radius 3 is 2.53 bits per heavy atom. The molecule has 30 heavy (non-hydrogen) atoms. The van der Waals surface area contributed by atoms with Crippen molar-refractivity contribution in [3.05, 3.63) is 54.1 Å². The predicted octanol–water partition coefficient (Wildman–Crippen LogP) is 3.12. The molecule has 1 amide bonds. The lowest BCUT2D eigenvalue weighted by Gasteiger charge is -2.18. The monoisotopic (exact) mass is 447 g/mol. The highest BCUT2D eigenvalue weighted by atomic mass is 32.2. The molecule has 1 aromatic heterocycles. The van der Waals surface area contributed by atoms with Gasteiger partial charge in [0.25, 0.3) is 5.91 Å². The lowest BCUT2D eigenvalue weighted by atomic mass is 10.2. The highest BCUT2D eigenvalue weighted by molar-refractivity contribution is 7.89. The van der Waals surface area contributed by atoms with E-state index in [0.29, 0.717) is 18.2 Å². The number of carbonyl (C=O) groups excluding carboxylic acids is 2. The van der Waals surface area contributed by atoms with Crippen LogP contribution in [0.5, 0.6) is 0 Å². The van der Waals surface area contributed by atoms with E-state index < -0.39 is 28.5 Å². The molecule has 0 radical (unpaired) electrons. The topological polar surface area (TPSA) is 106 Å². The summed E-state index contributed by atoms with van der Waals surface area (Å²) in [6.07, 6.45) is 0. The number of thiazole rings is 1. The van der Waals surface area contributed by atoms with Gasteiger partial charge in [0.1, 0.15) is 0 Å². The van der Waals surface area contributed by atoms with Crippen LogP contribution in [0.1, 0.15) is 24.2 Å². The van der Waals surface area contributed by atoms with Crippen molar-refractivity contribution in [2.24, 2.45) is 0 Å². The number of nitrogens with one attached hydrogen (secondary N) is 1. The summed E-state index contributed by atoms with van der Waals surface area (Å²) in [6, 6.07) is 13.0. The maximum atomic E-state index is 12.6. The van der Waals surface area contributed by atoms with Crippen molar-refractivity contribution in [2.75, 3.05) is 25.0 Å². The molecule has 0 spiro atoms. The van der Waals surface area contributed by atoms with Crippen molar-refractivity contribution in [2.45, 2.75) is 18.7 Å². The van der Waals surface area contributed by atoms with Gasteiger partial charge in [0.2, 0.25) is 10.0 Å². The molecule has 0 aliphatic rings. The van der Waals surface area contributed by atoms with Gasteiger partial charge in [-0.05, 0) is 30.3 Å². The molecular weight excluding hydrogens is 426 g/mol. The molecule has 1 N–H and O–H groups in total. The summed E-state index contributed by atoms with van der Waals surface area (Å²) in [6.45, 7) is 3.60. The minimum absolute atomic E-state index is 0.000392. The van der Waals surface area contributed by atoms with Gasteiger partial charge in [0.15, 0.2) is 11.7 Å². The van der Waals surface area contributed by atoms with Gasteiger partial charge in [-0.2, -0.15) is 4.31 Å². The first-order chi connectivity index (χ1) is 14.3. The molecule has 0 bridgehead atoms. The van der Waals surface area contributed by atoms with E-state index in [4.69, 9.17) is 4.74 Å². The van der Waals surface area contributed by atoms with Gasteiger partial charge in [0, 0.05) is 13.1 Å². The number of rotatable bonds is 8. The Labute approximate surface area is 178 Å². The molecule has 3 rings (SSSR count). The third kappa shape index (κ3) is 4.84. The molecule has 0 saturated heterocycles. The summed E-state index contributed by atoms with van der Waals surface area (Å²) in [5, 5.41) is 3.00. The largest absolute Gasteiger partial charge is 0.452 e. The number of ether oxygens (including phenoxy) is 1. The Morgan fingerprint density at radius 2 is 1.83 bits per heavy atom. The van der Waals surface area contributed by atoms with Crippen molar-refractivity contribution < 1.29 is 22.7 Å². The number of esters is 1. The molecule has 1 heterocycles. The van der Waals surface area contributed by atoms with Crippen molar-refractivity contribution in [1.82, 2.24) is 9.29 Å². The number of benzene rings is 2.